The van der Waals surface area contributed by atoms with Crippen molar-refractivity contribution in [2.24, 2.45) is 4.99 Å². The molecule has 1 aliphatic carbocycles. The molecule has 2 fully saturated rings. The smallest absolute Gasteiger partial charge is 0.157 e. The molecule has 0 aromatic carbocycles. The Morgan fingerprint density at radius 1 is 1.33 bits per heavy atom. The predicted octanol–water partition coefficient (Wildman–Crippen LogP) is 3.91. The molecule has 1 heterocycles. The van der Waals surface area contributed by atoms with Crippen LogP contribution in [0.2, 0.25) is 0 Å². The van der Waals surface area contributed by atoms with Gasteiger partial charge in [0.15, 0.2) is 5.17 Å². The summed E-state index contributed by atoms with van der Waals surface area (Å²) in [6.07, 6.45) is 10.0. The Kier molecular flexibility index (Phi) is 5.31. The maximum absolute atomic E-state index is 5.03. The van der Waals surface area contributed by atoms with E-state index in [4.69, 9.17) is 4.99 Å². The normalized spacial score (nSPS) is 33.6. The number of hydrogen-bond acceptors (Lipinski definition) is 3. The highest BCUT2D eigenvalue weighted by Crippen LogP contribution is 2.33. The molecule has 0 aromatic rings. The second kappa shape index (κ2) is 6.56. The molecule has 0 amide bonds. The van der Waals surface area contributed by atoms with E-state index in [1.807, 2.05) is 23.5 Å². The first-order valence-electron chi connectivity index (χ1n) is 7.24. The first-order valence-corrected chi connectivity index (χ1v) is 9.52. The minimum Gasteiger partial charge on any atom is -0.359 e. The summed E-state index contributed by atoms with van der Waals surface area (Å²) in [5.41, 5.74) is 0.313. The maximum Gasteiger partial charge on any atom is 0.157 e. The van der Waals surface area contributed by atoms with Crippen LogP contribution in [0.1, 0.15) is 52.4 Å². The van der Waals surface area contributed by atoms with Crippen molar-refractivity contribution < 1.29 is 0 Å². The third-order valence-corrected chi connectivity index (χ3v) is 6.80. The Morgan fingerprint density at radius 2 is 2.06 bits per heavy atom. The third kappa shape index (κ3) is 3.19. The van der Waals surface area contributed by atoms with Crippen LogP contribution in [-0.2, 0) is 0 Å². The molecule has 1 saturated heterocycles. The van der Waals surface area contributed by atoms with Crippen molar-refractivity contribution in [2.45, 2.75) is 69.2 Å². The van der Waals surface area contributed by atoms with Gasteiger partial charge in [-0.1, -0.05) is 38.5 Å². The Hall–Kier alpha value is 0.170. The fourth-order valence-electron chi connectivity index (χ4n) is 2.86. The molecule has 1 N–H and O–H groups in total. The van der Waals surface area contributed by atoms with Crippen LogP contribution in [-0.4, -0.2) is 34.0 Å². The molecular weight excluding hydrogens is 260 g/mol. The highest BCUT2D eigenvalue weighted by Gasteiger charge is 2.35. The Labute approximate surface area is 120 Å². The van der Waals surface area contributed by atoms with E-state index < -0.39 is 0 Å². The van der Waals surface area contributed by atoms with Gasteiger partial charge in [-0.05, 0) is 31.9 Å². The SMILES string of the molecule is CCC1(CC)CSC(=NC2CCCCC2SC)N1. The number of nitrogens with zero attached hydrogens (tertiary/aromatic N) is 1. The topological polar surface area (TPSA) is 24.4 Å². The van der Waals surface area contributed by atoms with Gasteiger partial charge < -0.3 is 5.32 Å². The highest BCUT2D eigenvalue weighted by molar-refractivity contribution is 8.14. The van der Waals surface area contributed by atoms with Crippen LogP contribution in [0.15, 0.2) is 4.99 Å². The summed E-state index contributed by atoms with van der Waals surface area (Å²) >= 11 is 3.94. The molecule has 4 heteroatoms. The molecule has 2 unspecified atom stereocenters. The summed E-state index contributed by atoms with van der Waals surface area (Å²) in [4.78, 5) is 5.03. The number of thioether (sulfide) groups is 2. The standard InChI is InChI=1S/C14H26N2S2/c1-4-14(5-2)10-18-13(16-14)15-11-8-6-7-9-12(11)17-3/h11-12H,4-10H2,1-3H3,(H,15,16). The fourth-order valence-corrected chi connectivity index (χ4v) is 5.16. The molecule has 1 saturated carbocycles. The molecule has 18 heavy (non-hydrogen) atoms. The van der Waals surface area contributed by atoms with Gasteiger partial charge in [0.05, 0.1) is 6.04 Å². The van der Waals surface area contributed by atoms with E-state index in [-0.39, 0.29) is 0 Å². The van der Waals surface area contributed by atoms with Gasteiger partial charge in [-0.3, -0.25) is 4.99 Å². The zero-order chi connectivity index (χ0) is 13.0. The van der Waals surface area contributed by atoms with Crippen LogP contribution in [0.3, 0.4) is 0 Å². The molecule has 104 valence electrons. The number of hydrogen-bond donors (Lipinski definition) is 1. The molecule has 2 atom stereocenters. The second-order valence-corrected chi connectivity index (χ2v) is 7.50. The van der Waals surface area contributed by atoms with Crippen molar-refractivity contribution in [3.05, 3.63) is 0 Å². The monoisotopic (exact) mass is 286 g/mol. The minimum atomic E-state index is 0.313. The highest BCUT2D eigenvalue weighted by atomic mass is 32.2. The molecule has 0 spiro atoms. The molecule has 2 nitrogen and oxygen atoms in total. The summed E-state index contributed by atoms with van der Waals surface area (Å²) < 4.78 is 0. The summed E-state index contributed by atoms with van der Waals surface area (Å²) in [7, 11) is 0. The average Bonchev–Trinajstić information content (AvgIpc) is 2.83. The lowest BCUT2D eigenvalue weighted by molar-refractivity contribution is 0.404. The first kappa shape index (κ1) is 14.6. The van der Waals surface area contributed by atoms with Gasteiger partial charge in [-0.25, -0.2) is 0 Å². The summed E-state index contributed by atoms with van der Waals surface area (Å²) in [5, 5.41) is 5.65. The van der Waals surface area contributed by atoms with Gasteiger partial charge in [0.25, 0.3) is 0 Å². The fraction of sp³-hybridized carbons (Fsp3) is 0.929. The van der Waals surface area contributed by atoms with Gasteiger partial charge in [0, 0.05) is 16.5 Å². The van der Waals surface area contributed by atoms with E-state index in [0.29, 0.717) is 11.6 Å². The lowest BCUT2D eigenvalue weighted by atomic mass is 9.95. The molecule has 1 aliphatic heterocycles. The van der Waals surface area contributed by atoms with Crippen molar-refractivity contribution in [3.63, 3.8) is 0 Å². The van der Waals surface area contributed by atoms with Crippen LogP contribution in [0.4, 0.5) is 0 Å². The van der Waals surface area contributed by atoms with E-state index in [1.54, 1.807) is 0 Å². The van der Waals surface area contributed by atoms with Gasteiger partial charge in [-0.2, -0.15) is 11.8 Å². The summed E-state index contributed by atoms with van der Waals surface area (Å²) in [6.45, 7) is 4.57. The quantitative estimate of drug-likeness (QED) is 0.848. The van der Waals surface area contributed by atoms with Crippen molar-refractivity contribution in [1.29, 1.82) is 0 Å². The van der Waals surface area contributed by atoms with E-state index in [0.717, 1.165) is 5.25 Å². The van der Waals surface area contributed by atoms with Gasteiger partial charge in [-0.15, -0.1) is 0 Å². The zero-order valence-electron chi connectivity index (χ0n) is 11.9. The maximum atomic E-state index is 5.03. The number of nitrogens with one attached hydrogen (secondary N) is 1. The van der Waals surface area contributed by atoms with Gasteiger partial charge >= 0.3 is 0 Å². The largest absolute Gasteiger partial charge is 0.359 e. The van der Waals surface area contributed by atoms with Gasteiger partial charge in [0.1, 0.15) is 0 Å². The second-order valence-electron chi connectivity index (χ2n) is 5.46. The number of rotatable bonds is 4. The molecule has 0 radical (unpaired) electrons. The summed E-state index contributed by atoms with van der Waals surface area (Å²) in [5.74, 6) is 1.19. The van der Waals surface area contributed by atoms with Crippen molar-refractivity contribution in [3.8, 4) is 0 Å². The van der Waals surface area contributed by atoms with Crippen LogP contribution >= 0.6 is 23.5 Å². The zero-order valence-corrected chi connectivity index (χ0v) is 13.5. The molecule has 2 aliphatic rings. The van der Waals surface area contributed by atoms with Crippen molar-refractivity contribution >= 4 is 28.7 Å². The van der Waals surface area contributed by atoms with Crippen LogP contribution in [0.5, 0.6) is 0 Å². The van der Waals surface area contributed by atoms with E-state index in [1.165, 1.54) is 49.4 Å². The molecular formula is C14H26N2S2. The van der Waals surface area contributed by atoms with E-state index >= 15 is 0 Å². The molecule has 0 bridgehead atoms. The average molecular weight is 287 g/mol. The van der Waals surface area contributed by atoms with Crippen LogP contribution < -0.4 is 5.32 Å². The Morgan fingerprint density at radius 3 is 2.67 bits per heavy atom. The number of aliphatic imine (C=N–C) groups is 1. The third-order valence-electron chi connectivity index (χ3n) is 4.46. The van der Waals surface area contributed by atoms with Crippen molar-refractivity contribution in [2.75, 3.05) is 12.0 Å². The lowest BCUT2D eigenvalue weighted by Crippen LogP contribution is -2.43. The minimum absolute atomic E-state index is 0.313. The molecule has 0 aromatic heterocycles. The van der Waals surface area contributed by atoms with E-state index in [2.05, 4.69) is 25.4 Å². The Bertz CT molecular complexity index is 300. The van der Waals surface area contributed by atoms with Crippen LogP contribution in [0, 0.1) is 0 Å². The van der Waals surface area contributed by atoms with Crippen LogP contribution in [0.25, 0.3) is 0 Å². The predicted molar refractivity (Wildman–Crippen MR) is 85.9 cm³/mol. The first-order chi connectivity index (χ1) is 8.73. The lowest BCUT2D eigenvalue weighted by Gasteiger charge is -2.28. The van der Waals surface area contributed by atoms with Crippen molar-refractivity contribution in [1.82, 2.24) is 5.32 Å². The summed E-state index contributed by atoms with van der Waals surface area (Å²) in [6, 6.07) is 0.549. The number of amidine groups is 1. The van der Waals surface area contributed by atoms with E-state index in [9.17, 15) is 0 Å². The Balaban J connectivity index is 2.01. The molecule has 2 rings (SSSR count). The van der Waals surface area contributed by atoms with Gasteiger partial charge in [0.2, 0.25) is 0 Å².